The molecule has 2 N–H and O–H groups in total. The van der Waals surface area contributed by atoms with Crippen LogP contribution in [-0.4, -0.2) is 17.6 Å². The summed E-state index contributed by atoms with van der Waals surface area (Å²) in [6.45, 7) is 1.82. The summed E-state index contributed by atoms with van der Waals surface area (Å²) in [4.78, 5) is 26.9. The number of carbonyl (C=O) groups is 2. The van der Waals surface area contributed by atoms with Crippen LogP contribution < -0.4 is 10.6 Å². The van der Waals surface area contributed by atoms with Crippen LogP contribution in [0.5, 0.6) is 0 Å². The maximum atomic E-state index is 13.7. The summed E-state index contributed by atoms with van der Waals surface area (Å²) in [5.74, 6) is -0.0238. The summed E-state index contributed by atoms with van der Waals surface area (Å²) in [5.41, 5.74) is 1.94. The summed E-state index contributed by atoms with van der Waals surface area (Å²) < 4.78 is 13.7. The number of thiophene rings is 1. The molecular formula is C22H18ClFN2O2S2. The minimum absolute atomic E-state index is 0.233. The quantitative estimate of drug-likeness (QED) is 0.497. The van der Waals surface area contributed by atoms with Crippen LogP contribution in [0.15, 0.2) is 53.4 Å². The van der Waals surface area contributed by atoms with E-state index in [9.17, 15) is 14.0 Å². The predicted octanol–water partition coefficient (Wildman–Crippen LogP) is 6.07. The van der Waals surface area contributed by atoms with Gasteiger partial charge in [0, 0.05) is 10.6 Å². The Hall–Kier alpha value is -2.35. The van der Waals surface area contributed by atoms with E-state index in [-0.39, 0.29) is 23.7 Å². The Morgan fingerprint density at radius 3 is 2.73 bits per heavy atom. The largest absolute Gasteiger partial charge is 0.344 e. The average molecular weight is 461 g/mol. The fraction of sp³-hybridized carbons (Fsp3) is 0.182. The summed E-state index contributed by atoms with van der Waals surface area (Å²) >= 11 is 8.95. The third-order valence-corrected chi connectivity index (χ3v) is 7.40. The number of rotatable bonds is 4. The molecule has 2 aromatic carbocycles. The number of amides is 2. The number of benzene rings is 2. The Labute approximate surface area is 186 Å². The molecule has 2 amide bonds. The zero-order valence-corrected chi connectivity index (χ0v) is 18.4. The van der Waals surface area contributed by atoms with Gasteiger partial charge in [0.05, 0.1) is 26.5 Å². The molecule has 8 heteroatoms. The van der Waals surface area contributed by atoms with Crippen molar-refractivity contribution in [2.45, 2.75) is 24.3 Å². The van der Waals surface area contributed by atoms with Gasteiger partial charge in [-0.2, -0.15) is 0 Å². The van der Waals surface area contributed by atoms with E-state index in [2.05, 4.69) is 10.6 Å². The highest BCUT2D eigenvalue weighted by Gasteiger charge is 2.25. The average Bonchev–Trinajstić information content (AvgIpc) is 3.08. The molecule has 1 aromatic heterocycles. The van der Waals surface area contributed by atoms with Crippen LogP contribution in [0.2, 0.25) is 5.02 Å². The molecule has 0 spiro atoms. The second kappa shape index (κ2) is 8.79. The van der Waals surface area contributed by atoms with Crippen molar-refractivity contribution in [3.8, 4) is 0 Å². The van der Waals surface area contributed by atoms with Crippen LogP contribution in [0, 0.1) is 12.7 Å². The molecule has 154 valence electrons. The van der Waals surface area contributed by atoms with Crippen LogP contribution in [0.4, 0.5) is 9.39 Å². The highest BCUT2D eigenvalue weighted by atomic mass is 35.5. The van der Waals surface area contributed by atoms with Gasteiger partial charge in [-0.05, 0) is 60.9 Å². The van der Waals surface area contributed by atoms with E-state index in [0.717, 1.165) is 28.2 Å². The first kappa shape index (κ1) is 20.9. The Bertz CT molecular complexity index is 1130. The number of halogens is 2. The SMILES string of the molecule is Cc1cc(NC(=O)c2ccccc2Cl)sc1C(=O)NC1CCSc2ccc(F)cc21. The van der Waals surface area contributed by atoms with Crippen molar-refractivity contribution >= 4 is 51.5 Å². The number of hydrogen-bond acceptors (Lipinski definition) is 4. The van der Waals surface area contributed by atoms with Gasteiger partial charge in [-0.1, -0.05) is 23.7 Å². The maximum Gasteiger partial charge on any atom is 0.262 e. The molecule has 3 aromatic rings. The lowest BCUT2D eigenvalue weighted by Crippen LogP contribution is -2.30. The molecule has 0 bridgehead atoms. The van der Waals surface area contributed by atoms with Gasteiger partial charge in [-0.15, -0.1) is 23.1 Å². The normalized spacial score (nSPS) is 15.4. The van der Waals surface area contributed by atoms with Crippen LogP contribution in [0.25, 0.3) is 0 Å². The number of carbonyl (C=O) groups excluding carboxylic acids is 2. The van der Waals surface area contributed by atoms with E-state index >= 15 is 0 Å². The van der Waals surface area contributed by atoms with E-state index in [0.29, 0.717) is 20.5 Å². The van der Waals surface area contributed by atoms with Gasteiger partial charge in [0.25, 0.3) is 11.8 Å². The molecule has 4 nitrogen and oxygen atoms in total. The van der Waals surface area contributed by atoms with Crippen LogP contribution >= 0.6 is 34.7 Å². The molecule has 0 saturated heterocycles. The topological polar surface area (TPSA) is 58.2 Å². The van der Waals surface area contributed by atoms with Gasteiger partial charge in [0.15, 0.2) is 0 Å². The first-order valence-electron chi connectivity index (χ1n) is 9.32. The van der Waals surface area contributed by atoms with Gasteiger partial charge in [0.2, 0.25) is 0 Å². The number of thioether (sulfide) groups is 1. The van der Waals surface area contributed by atoms with Crippen molar-refractivity contribution in [2.24, 2.45) is 0 Å². The molecular weight excluding hydrogens is 443 g/mol. The Balaban J connectivity index is 1.50. The van der Waals surface area contributed by atoms with Gasteiger partial charge in [0.1, 0.15) is 5.82 Å². The fourth-order valence-corrected chi connectivity index (χ4v) is 5.63. The van der Waals surface area contributed by atoms with Gasteiger partial charge in [-0.3, -0.25) is 9.59 Å². The van der Waals surface area contributed by atoms with Crippen molar-refractivity contribution in [1.82, 2.24) is 5.32 Å². The molecule has 4 rings (SSSR count). The second-order valence-corrected chi connectivity index (χ2v) is 9.50. The van der Waals surface area contributed by atoms with E-state index in [1.54, 1.807) is 48.2 Å². The van der Waals surface area contributed by atoms with Crippen molar-refractivity contribution in [3.63, 3.8) is 0 Å². The molecule has 1 unspecified atom stereocenters. The molecule has 0 radical (unpaired) electrons. The van der Waals surface area contributed by atoms with Crippen molar-refractivity contribution in [1.29, 1.82) is 0 Å². The number of aryl methyl sites for hydroxylation is 1. The lowest BCUT2D eigenvalue weighted by molar-refractivity contribution is 0.0937. The third-order valence-electron chi connectivity index (χ3n) is 4.80. The van der Waals surface area contributed by atoms with E-state index in [1.807, 2.05) is 6.92 Å². The van der Waals surface area contributed by atoms with E-state index < -0.39 is 0 Å². The Kier molecular flexibility index (Phi) is 6.13. The van der Waals surface area contributed by atoms with Crippen molar-refractivity contribution < 1.29 is 14.0 Å². The first-order chi connectivity index (χ1) is 14.4. The number of fused-ring (bicyclic) bond motifs is 1. The van der Waals surface area contributed by atoms with Crippen LogP contribution in [0.1, 0.15) is 43.6 Å². The predicted molar refractivity (Wildman–Crippen MR) is 120 cm³/mol. The standard InChI is InChI=1S/C22H18ClFN2O2S2/c1-12-10-19(26-21(27)14-4-2-3-5-16(14)23)30-20(12)22(28)25-17-8-9-29-18-7-6-13(24)11-15(17)18/h2-7,10-11,17H,8-9H2,1H3,(H,25,28)(H,26,27). The second-order valence-electron chi connectivity index (χ2n) is 6.90. The fourth-order valence-electron chi connectivity index (χ4n) is 3.33. The lowest BCUT2D eigenvalue weighted by Gasteiger charge is -2.25. The summed E-state index contributed by atoms with van der Waals surface area (Å²) in [7, 11) is 0. The van der Waals surface area contributed by atoms with Gasteiger partial charge < -0.3 is 10.6 Å². The maximum absolute atomic E-state index is 13.7. The van der Waals surface area contributed by atoms with Crippen LogP contribution in [0.3, 0.4) is 0 Å². The smallest absolute Gasteiger partial charge is 0.262 e. The van der Waals surface area contributed by atoms with Gasteiger partial charge >= 0.3 is 0 Å². The number of anilines is 1. The molecule has 30 heavy (non-hydrogen) atoms. The minimum Gasteiger partial charge on any atom is -0.344 e. The number of hydrogen-bond donors (Lipinski definition) is 2. The zero-order valence-electron chi connectivity index (χ0n) is 16.0. The lowest BCUT2D eigenvalue weighted by atomic mass is 10.0. The van der Waals surface area contributed by atoms with E-state index in [4.69, 9.17) is 11.6 Å². The number of nitrogens with one attached hydrogen (secondary N) is 2. The summed E-state index contributed by atoms with van der Waals surface area (Å²) in [6.07, 6.45) is 0.730. The third kappa shape index (κ3) is 4.38. The van der Waals surface area contributed by atoms with Crippen LogP contribution in [-0.2, 0) is 0 Å². The Morgan fingerprint density at radius 2 is 1.93 bits per heavy atom. The molecule has 1 aliphatic rings. The van der Waals surface area contributed by atoms with Gasteiger partial charge in [-0.25, -0.2) is 4.39 Å². The highest BCUT2D eigenvalue weighted by molar-refractivity contribution is 7.99. The molecule has 1 atom stereocenters. The summed E-state index contributed by atoms with van der Waals surface area (Å²) in [5, 5.41) is 6.76. The van der Waals surface area contributed by atoms with E-state index in [1.165, 1.54) is 23.5 Å². The minimum atomic E-state index is -0.331. The molecule has 2 heterocycles. The zero-order chi connectivity index (χ0) is 21.3. The molecule has 0 saturated carbocycles. The van der Waals surface area contributed by atoms with Crippen molar-refractivity contribution in [2.75, 3.05) is 11.1 Å². The molecule has 1 aliphatic heterocycles. The monoisotopic (exact) mass is 460 g/mol. The molecule has 0 fully saturated rings. The first-order valence-corrected chi connectivity index (χ1v) is 11.5. The summed E-state index contributed by atoms with van der Waals surface area (Å²) in [6, 6.07) is 13.0. The molecule has 0 aliphatic carbocycles. The highest BCUT2D eigenvalue weighted by Crippen LogP contribution is 2.37. The van der Waals surface area contributed by atoms with Crippen molar-refractivity contribution in [3.05, 3.63) is 80.9 Å². The Morgan fingerprint density at radius 1 is 1.13 bits per heavy atom.